The smallest absolute Gasteiger partial charge is 0.133 e. The van der Waals surface area contributed by atoms with E-state index in [0.717, 1.165) is 31.1 Å². The summed E-state index contributed by atoms with van der Waals surface area (Å²) < 4.78 is 6.90. The van der Waals surface area contributed by atoms with Crippen LogP contribution in [0.3, 0.4) is 0 Å². The predicted molar refractivity (Wildman–Crippen MR) is 59.9 cm³/mol. The minimum absolute atomic E-state index is 0.734. The number of aromatic nitrogens is 3. The van der Waals surface area contributed by atoms with Gasteiger partial charge in [0.15, 0.2) is 0 Å². The third kappa shape index (κ3) is 2.93. The average Bonchev–Trinajstić information content (AvgIpc) is 2.83. The van der Waals surface area contributed by atoms with Crippen LogP contribution in [0.15, 0.2) is 23.0 Å². The number of nitrogens with one attached hydrogen (secondary N) is 1. The SMILES string of the molecule is Cc1cnn(CCNCc2cc(C)on2)c1. The minimum Gasteiger partial charge on any atom is -0.361 e. The molecule has 0 unspecified atom stereocenters. The topological polar surface area (TPSA) is 55.9 Å². The van der Waals surface area contributed by atoms with Crippen molar-refractivity contribution in [2.24, 2.45) is 0 Å². The molecule has 0 fully saturated rings. The van der Waals surface area contributed by atoms with Gasteiger partial charge < -0.3 is 9.84 Å². The molecular weight excluding hydrogens is 204 g/mol. The number of nitrogens with zero attached hydrogens (tertiary/aromatic N) is 3. The van der Waals surface area contributed by atoms with Gasteiger partial charge in [0.2, 0.25) is 0 Å². The number of hydrogen-bond acceptors (Lipinski definition) is 4. The van der Waals surface area contributed by atoms with Crippen molar-refractivity contribution in [1.29, 1.82) is 0 Å². The van der Waals surface area contributed by atoms with Crippen LogP contribution in [0.1, 0.15) is 17.0 Å². The van der Waals surface area contributed by atoms with Crippen molar-refractivity contribution in [1.82, 2.24) is 20.3 Å². The molecule has 5 nitrogen and oxygen atoms in total. The van der Waals surface area contributed by atoms with E-state index in [0.29, 0.717) is 0 Å². The van der Waals surface area contributed by atoms with Gasteiger partial charge in [-0.1, -0.05) is 5.16 Å². The number of hydrogen-bond donors (Lipinski definition) is 1. The van der Waals surface area contributed by atoms with Gasteiger partial charge in [0.05, 0.1) is 18.4 Å². The summed E-state index contributed by atoms with van der Waals surface area (Å²) in [5.41, 5.74) is 2.13. The minimum atomic E-state index is 0.734. The Hall–Kier alpha value is -1.62. The van der Waals surface area contributed by atoms with Crippen LogP contribution < -0.4 is 5.32 Å². The molecule has 0 aromatic carbocycles. The van der Waals surface area contributed by atoms with E-state index in [2.05, 4.69) is 15.6 Å². The monoisotopic (exact) mass is 220 g/mol. The quantitative estimate of drug-likeness (QED) is 0.771. The Morgan fingerprint density at radius 2 is 2.31 bits per heavy atom. The zero-order valence-electron chi connectivity index (χ0n) is 9.60. The summed E-state index contributed by atoms with van der Waals surface area (Å²) in [6, 6.07) is 1.94. The van der Waals surface area contributed by atoms with E-state index in [9.17, 15) is 0 Å². The van der Waals surface area contributed by atoms with Crippen molar-refractivity contribution in [2.45, 2.75) is 26.9 Å². The normalized spacial score (nSPS) is 10.9. The second kappa shape index (κ2) is 4.94. The van der Waals surface area contributed by atoms with Gasteiger partial charge >= 0.3 is 0 Å². The molecule has 0 spiro atoms. The first-order valence-corrected chi connectivity index (χ1v) is 5.36. The molecule has 0 radical (unpaired) electrons. The van der Waals surface area contributed by atoms with Gasteiger partial charge in [-0.2, -0.15) is 5.10 Å². The molecule has 16 heavy (non-hydrogen) atoms. The Morgan fingerprint density at radius 3 is 2.94 bits per heavy atom. The van der Waals surface area contributed by atoms with Crippen molar-refractivity contribution in [3.05, 3.63) is 35.5 Å². The third-order valence-corrected chi connectivity index (χ3v) is 2.26. The fourth-order valence-corrected chi connectivity index (χ4v) is 1.50. The van der Waals surface area contributed by atoms with Crippen LogP contribution in [0.5, 0.6) is 0 Å². The first-order chi connectivity index (χ1) is 7.74. The summed E-state index contributed by atoms with van der Waals surface area (Å²) in [6.45, 7) is 6.40. The second-order valence-corrected chi connectivity index (χ2v) is 3.89. The summed E-state index contributed by atoms with van der Waals surface area (Å²) in [5, 5.41) is 11.4. The largest absolute Gasteiger partial charge is 0.361 e. The van der Waals surface area contributed by atoms with E-state index >= 15 is 0 Å². The van der Waals surface area contributed by atoms with E-state index in [-0.39, 0.29) is 0 Å². The molecule has 5 heteroatoms. The van der Waals surface area contributed by atoms with E-state index in [4.69, 9.17) is 4.52 Å². The highest BCUT2D eigenvalue weighted by Crippen LogP contribution is 2.00. The molecule has 0 aliphatic rings. The highest BCUT2D eigenvalue weighted by atomic mass is 16.5. The number of rotatable bonds is 5. The third-order valence-electron chi connectivity index (χ3n) is 2.26. The van der Waals surface area contributed by atoms with Crippen molar-refractivity contribution < 1.29 is 4.52 Å². The van der Waals surface area contributed by atoms with Crippen LogP contribution in [-0.4, -0.2) is 21.5 Å². The molecule has 0 amide bonds. The molecule has 2 rings (SSSR count). The van der Waals surface area contributed by atoms with Crippen molar-refractivity contribution in [2.75, 3.05) is 6.54 Å². The first kappa shape index (κ1) is 10.9. The van der Waals surface area contributed by atoms with Gasteiger partial charge in [0.1, 0.15) is 5.76 Å². The lowest BCUT2D eigenvalue weighted by Gasteiger charge is -2.02. The Morgan fingerprint density at radius 1 is 1.44 bits per heavy atom. The van der Waals surface area contributed by atoms with E-state index in [1.807, 2.05) is 37.0 Å². The van der Waals surface area contributed by atoms with Gasteiger partial charge in [0, 0.05) is 25.4 Å². The van der Waals surface area contributed by atoms with Crippen LogP contribution in [0, 0.1) is 13.8 Å². The van der Waals surface area contributed by atoms with Crippen molar-refractivity contribution in [3.8, 4) is 0 Å². The fraction of sp³-hybridized carbons (Fsp3) is 0.455. The molecule has 0 saturated heterocycles. The molecular formula is C11H16N4O. The van der Waals surface area contributed by atoms with E-state index < -0.39 is 0 Å². The van der Waals surface area contributed by atoms with Crippen LogP contribution in [0.4, 0.5) is 0 Å². The molecule has 0 bridgehead atoms. The molecule has 0 aliphatic heterocycles. The average molecular weight is 220 g/mol. The van der Waals surface area contributed by atoms with Crippen molar-refractivity contribution >= 4 is 0 Å². The van der Waals surface area contributed by atoms with Gasteiger partial charge in [-0.25, -0.2) is 0 Å². The highest BCUT2D eigenvalue weighted by Gasteiger charge is 1.99. The predicted octanol–water partition coefficient (Wildman–Crippen LogP) is 1.28. The standard InChI is InChI=1S/C11H16N4O/c1-9-6-13-15(8-9)4-3-12-7-11-5-10(2)16-14-11/h5-6,8,12H,3-4,7H2,1-2H3. The zero-order valence-corrected chi connectivity index (χ0v) is 9.60. The lowest BCUT2D eigenvalue weighted by Crippen LogP contribution is -2.19. The molecule has 0 atom stereocenters. The van der Waals surface area contributed by atoms with Crippen LogP contribution >= 0.6 is 0 Å². The summed E-state index contributed by atoms with van der Waals surface area (Å²) in [7, 11) is 0. The molecule has 0 saturated carbocycles. The van der Waals surface area contributed by atoms with E-state index in [1.165, 1.54) is 5.56 Å². The summed E-state index contributed by atoms with van der Waals surface area (Å²) in [4.78, 5) is 0. The lowest BCUT2D eigenvalue weighted by atomic mass is 10.4. The second-order valence-electron chi connectivity index (χ2n) is 3.89. The van der Waals surface area contributed by atoms with Gasteiger partial charge in [-0.3, -0.25) is 4.68 Å². The fourth-order valence-electron chi connectivity index (χ4n) is 1.50. The lowest BCUT2D eigenvalue weighted by molar-refractivity contribution is 0.387. The summed E-state index contributed by atoms with van der Waals surface area (Å²) in [6.07, 6.45) is 3.89. The molecule has 2 aromatic heterocycles. The summed E-state index contributed by atoms with van der Waals surface area (Å²) in [5.74, 6) is 0.847. The Balaban J connectivity index is 1.69. The maximum Gasteiger partial charge on any atom is 0.133 e. The Bertz CT molecular complexity index is 404. The molecule has 2 heterocycles. The van der Waals surface area contributed by atoms with Crippen molar-refractivity contribution in [3.63, 3.8) is 0 Å². The van der Waals surface area contributed by atoms with Crippen LogP contribution in [0.25, 0.3) is 0 Å². The van der Waals surface area contributed by atoms with Gasteiger partial charge in [-0.05, 0) is 19.4 Å². The Labute approximate surface area is 94.4 Å². The molecule has 86 valence electrons. The molecule has 1 N–H and O–H groups in total. The maximum absolute atomic E-state index is 4.98. The molecule has 0 aliphatic carbocycles. The van der Waals surface area contributed by atoms with E-state index in [1.54, 1.807) is 0 Å². The van der Waals surface area contributed by atoms with Crippen LogP contribution in [-0.2, 0) is 13.1 Å². The van der Waals surface area contributed by atoms with Gasteiger partial charge in [0.25, 0.3) is 0 Å². The molecule has 2 aromatic rings. The number of aryl methyl sites for hydroxylation is 2. The van der Waals surface area contributed by atoms with Gasteiger partial charge in [-0.15, -0.1) is 0 Å². The van der Waals surface area contributed by atoms with Crippen LogP contribution in [0.2, 0.25) is 0 Å². The zero-order chi connectivity index (χ0) is 11.4. The Kier molecular flexibility index (Phi) is 3.36. The first-order valence-electron chi connectivity index (χ1n) is 5.36. The summed E-state index contributed by atoms with van der Waals surface area (Å²) >= 11 is 0. The maximum atomic E-state index is 4.98. The highest BCUT2D eigenvalue weighted by molar-refractivity contribution is 5.03.